The van der Waals surface area contributed by atoms with Gasteiger partial charge in [-0.15, -0.1) is 0 Å². The molecule has 0 radical (unpaired) electrons. The van der Waals surface area contributed by atoms with Gasteiger partial charge in [-0.25, -0.2) is 9.59 Å². The van der Waals surface area contributed by atoms with Crippen molar-refractivity contribution in [2.24, 2.45) is 5.92 Å². The summed E-state index contributed by atoms with van der Waals surface area (Å²) in [4.78, 5) is 22.9. The molecule has 4 N–H and O–H groups in total. The number of aliphatic carboxylic acids is 1. The average Bonchev–Trinajstić information content (AvgIpc) is 3.04. The first-order chi connectivity index (χ1) is 8.52. The number of rotatable bonds is 5. The van der Waals surface area contributed by atoms with Crippen molar-refractivity contribution < 1.29 is 14.7 Å². The number of carboxylic acids is 1. The summed E-state index contributed by atoms with van der Waals surface area (Å²) in [5.41, 5.74) is -0.353. The zero-order valence-electron chi connectivity index (χ0n) is 10.1. The van der Waals surface area contributed by atoms with Gasteiger partial charge in [0, 0.05) is 18.3 Å². The van der Waals surface area contributed by atoms with E-state index in [4.69, 9.17) is 0 Å². The zero-order chi connectivity index (χ0) is 13.2. The number of H-pyrrole nitrogens is 1. The predicted octanol–water partition coefficient (Wildman–Crippen LogP) is 0.462. The molecule has 2 rings (SSSR count). The number of urea groups is 1. The molecule has 0 aromatic carbocycles. The van der Waals surface area contributed by atoms with Crippen LogP contribution in [0.5, 0.6) is 0 Å². The van der Waals surface area contributed by atoms with Gasteiger partial charge in [0.2, 0.25) is 0 Å². The first-order valence-electron chi connectivity index (χ1n) is 5.79. The molecular formula is C11H16N4O3. The van der Waals surface area contributed by atoms with E-state index >= 15 is 0 Å². The lowest BCUT2D eigenvalue weighted by atomic mass is 9.96. The van der Waals surface area contributed by atoms with Gasteiger partial charge < -0.3 is 15.7 Å². The summed E-state index contributed by atoms with van der Waals surface area (Å²) in [6.07, 6.45) is 4.94. The minimum absolute atomic E-state index is 0.0228. The lowest BCUT2D eigenvalue weighted by Gasteiger charge is -2.26. The number of nitrogens with zero attached hydrogens (tertiary/aromatic N) is 1. The number of hydrogen-bond donors (Lipinski definition) is 4. The highest BCUT2D eigenvalue weighted by Gasteiger charge is 2.48. The van der Waals surface area contributed by atoms with E-state index in [1.165, 1.54) is 0 Å². The van der Waals surface area contributed by atoms with Gasteiger partial charge in [-0.2, -0.15) is 5.10 Å². The summed E-state index contributed by atoms with van der Waals surface area (Å²) in [5, 5.41) is 20.7. The molecule has 1 saturated carbocycles. The molecule has 98 valence electrons. The van der Waals surface area contributed by atoms with Crippen LogP contribution in [0.3, 0.4) is 0 Å². The lowest BCUT2D eigenvalue weighted by Crippen LogP contribution is -2.56. The third kappa shape index (κ3) is 2.61. The topological polar surface area (TPSA) is 107 Å². The van der Waals surface area contributed by atoms with Crippen LogP contribution in [0, 0.1) is 5.92 Å². The van der Waals surface area contributed by atoms with Crippen molar-refractivity contribution in [1.82, 2.24) is 20.8 Å². The quantitative estimate of drug-likeness (QED) is 0.610. The van der Waals surface area contributed by atoms with Crippen LogP contribution in [0.1, 0.15) is 25.3 Å². The van der Waals surface area contributed by atoms with Gasteiger partial charge in [0.25, 0.3) is 0 Å². The Bertz CT molecular complexity index is 441. The Morgan fingerprint density at radius 1 is 1.61 bits per heavy atom. The molecule has 1 aromatic rings. The maximum absolute atomic E-state index is 11.7. The molecule has 1 aliphatic carbocycles. The molecule has 0 saturated heterocycles. The minimum Gasteiger partial charge on any atom is -0.480 e. The Morgan fingerprint density at radius 3 is 2.83 bits per heavy atom. The van der Waals surface area contributed by atoms with Gasteiger partial charge in [0.05, 0.1) is 6.20 Å². The number of carboxylic acid groups (broad SMARTS) is 1. The second-order valence-corrected chi connectivity index (χ2v) is 4.70. The molecule has 1 aromatic heterocycles. The van der Waals surface area contributed by atoms with E-state index in [0.717, 1.165) is 18.4 Å². The van der Waals surface area contributed by atoms with Crippen molar-refractivity contribution in [3.63, 3.8) is 0 Å². The van der Waals surface area contributed by atoms with Crippen molar-refractivity contribution in [1.29, 1.82) is 0 Å². The molecule has 1 heterocycles. The Morgan fingerprint density at radius 2 is 2.33 bits per heavy atom. The highest BCUT2D eigenvalue weighted by Crippen LogP contribution is 2.39. The fourth-order valence-electron chi connectivity index (χ4n) is 1.83. The smallest absolute Gasteiger partial charge is 0.329 e. The molecule has 0 aliphatic heterocycles. The van der Waals surface area contributed by atoms with Crippen LogP contribution < -0.4 is 10.6 Å². The van der Waals surface area contributed by atoms with E-state index in [9.17, 15) is 14.7 Å². The second kappa shape index (κ2) is 4.67. The van der Waals surface area contributed by atoms with Gasteiger partial charge in [-0.3, -0.25) is 5.10 Å². The van der Waals surface area contributed by atoms with Gasteiger partial charge in [0.1, 0.15) is 5.54 Å². The predicted molar refractivity (Wildman–Crippen MR) is 62.7 cm³/mol. The maximum Gasteiger partial charge on any atom is 0.329 e. The number of carbonyl (C=O) groups excluding carboxylic acids is 1. The molecule has 0 bridgehead atoms. The molecule has 1 fully saturated rings. The third-order valence-corrected chi connectivity index (χ3v) is 3.22. The van der Waals surface area contributed by atoms with Gasteiger partial charge >= 0.3 is 12.0 Å². The molecule has 7 heteroatoms. The van der Waals surface area contributed by atoms with Gasteiger partial charge in [-0.05, 0) is 25.7 Å². The SMILES string of the molecule is CC(NC(=O)NCc1cn[nH]c1)(C(=O)O)C1CC1. The van der Waals surface area contributed by atoms with Crippen LogP contribution in [-0.4, -0.2) is 32.8 Å². The van der Waals surface area contributed by atoms with Crippen molar-refractivity contribution in [3.05, 3.63) is 18.0 Å². The monoisotopic (exact) mass is 252 g/mol. The third-order valence-electron chi connectivity index (χ3n) is 3.22. The first-order valence-corrected chi connectivity index (χ1v) is 5.79. The number of aromatic amines is 1. The molecule has 2 amide bonds. The summed E-state index contributed by atoms with van der Waals surface area (Å²) in [6.45, 7) is 1.85. The number of amides is 2. The van der Waals surface area contributed by atoms with Crippen molar-refractivity contribution in [2.45, 2.75) is 31.8 Å². The number of carbonyl (C=O) groups is 2. The molecule has 1 aliphatic rings. The number of aromatic nitrogens is 2. The van der Waals surface area contributed by atoms with Crippen LogP contribution in [0.25, 0.3) is 0 Å². The van der Waals surface area contributed by atoms with E-state index in [2.05, 4.69) is 20.8 Å². The number of nitrogens with one attached hydrogen (secondary N) is 3. The molecular weight excluding hydrogens is 236 g/mol. The fraction of sp³-hybridized carbons (Fsp3) is 0.545. The molecule has 1 unspecified atom stereocenters. The maximum atomic E-state index is 11.7. The van der Waals surface area contributed by atoms with Crippen LogP contribution in [0.2, 0.25) is 0 Å². The molecule has 0 spiro atoms. The van der Waals surface area contributed by atoms with Crippen molar-refractivity contribution >= 4 is 12.0 Å². The summed E-state index contributed by atoms with van der Waals surface area (Å²) in [5.74, 6) is -0.974. The number of hydrogen-bond acceptors (Lipinski definition) is 3. The van der Waals surface area contributed by atoms with E-state index in [1.807, 2.05) is 0 Å². The summed E-state index contributed by atoms with van der Waals surface area (Å²) >= 11 is 0. The highest BCUT2D eigenvalue weighted by molar-refractivity contribution is 5.86. The zero-order valence-corrected chi connectivity index (χ0v) is 10.1. The average molecular weight is 252 g/mol. The van der Waals surface area contributed by atoms with E-state index in [-0.39, 0.29) is 5.92 Å². The van der Waals surface area contributed by atoms with Gasteiger partial charge in [-0.1, -0.05) is 0 Å². The van der Waals surface area contributed by atoms with Crippen LogP contribution in [0.15, 0.2) is 12.4 Å². The molecule has 1 atom stereocenters. The highest BCUT2D eigenvalue weighted by atomic mass is 16.4. The second-order valence-electron chi connectivity index (χ2n) is 4.70. The normalized spacial score (nSPS) is 17.8. The van der Waals surface area contributed by atoms with E-state index < -0.39 is 17.5 Å². The van der Waals surface area contributed by atoms with Crippen molar-refractivity contribution in [3.8, 4) is 0 Å². The van der Waals surface area contributed by atoms with Crippen molar-refractivity contribution in [2.75, 3.05) is 0 Å². The standard InChI is InChI=1S/C11H16N4O3/c1-11(9(16)17,8-2-3-8)15-10(18)12-4-7-5-13-14-6-7/h5-6,8H,2-4H2,1H3,(H,13,14)(H,16,17)(H2,12,15,18). The minimum atomic E-state index is -1.18. The Kier molecular flexibility index (Phi) is 3.22. The lowest BCUT2D eigenvalue weighted by molar-refractivity contribution is -0.144. The van der Waals surface area contributed by atoms with Crippen LogP contribution in [-0.2, 0) is 11.3 Å². The summed E-state index contributed by atoms with van der Waals surface area (Å²) in [6, 6.07) is -0.479. The molecule has 7 nitrogen and oxygen atoms in total. The first kappa shape index (κ1) is 12.4. The Hall–Kier alpha value is -2.05. The summed E-state index contributed by atoms with van der Waals surface area (Å²) < 4.78 is 0. The largest absolute Gasteiger partial charge is 0.480 e. The van der Waals surface area contributed by atoms with E-state index in [0.29, 0.717) is 6.54 Å². The molecule has 18 heavy (non-hydrogen) atoms. The Labute approximate surface area is 104 Å². The Balaban J connectivity index is 1.87. The van der Waals surface area contributed by atoms with E-state index in [1.54, 1.807) is 19.3 Å². The summed E-state index contributed by atoms with van der Waals surface area (Å²) in [7, 11) is 0. The van der Waals surface area contributed by atoms with Crippen LogP contribution in [0.4, 0.5) is 4.79 Å². The van der Waals surface area contributed by atoms with Gasteiger partial charge in [0.15, 0.2) is 0 Å². The fourth-order valence-corrected chi connectivity index (χ4v) is 1.83. The van der Waals surface area contributed by atoms with Crippen LogP contribution >= 0.6 is 0 Å².